The molecule has 0 saturated carbocycles. The van der Waals surface area contributed by atoms with E-state index < -0.39 is 5.92 Å². The molecule has 0 aromatic heterocycles. The van der Waals surface area contributed by atoms with Crippen LogP contribution in [0.1, 0.15) is 12.0 Å². The SMILES string of the molecule is CSc1ccccc1NC(=O)CN(C)C(=O)C1CC(=O)N(c2ccc(C)cc2)C1. The number of benzene rings is 2. The molecule has 152 valence electrons. The minimum atomic E-state index is -0.444. The van der Waals surface area contributed by atoms with Crippen LogP contribution < -0.4 is 10.2 Å². The first kappa shape index (κ1) is 20.9. The first-order chi connectivity index (χ1) is 13.9. The van der Waals surface area contributed by atoms with Gasteiger partial charge in [-0.1, -0.05) is 29.8 Å². The summed E-state index contributed by atoms with van der Waals surface area (Å²) < 4.78 is 0. The van der Waals surface area contributed by atoms with Crippen LogP contribution in [0.5, 0.6) is 0 Å². The summed E-state index contributed by atoms with van der Waals surface area (Å²) in [6.07, 6.45) is 2.10. The molecule has 1 aliphatic rings. The maximum Gasteiger partial charge on any atom is 0.244 e. The maximum absolute atomic E-state index is 12.8. The topological polar surface area (TPSA) is 69.7 Å². The molecule has 0 radical (unpaired) electrons. The van der Waals surface area contributed by atoms with Crippen LogP contribution in [0.25, 0.3) is 0 Å². The zero-order chi connectivity index (χ0) is 21.0. The predicted molar refractivity (Wildman–Crippen MR) is 116 cm³/mol. The highest BCUT2D eigenvalue weighted by Crippen LogP contribution is 2.27. The van der Waals surface area contributed by atoms with Crippen LogP contribution in [0, 0.1) is 12.8 Å². The highest BCUT2D eigenvalue weighted by atomic mass is 32.2. The van der Waals surface area contributed by atoms with Gasteiger partial charge in [-0.05, 0) is 37.4 Å². The third-order valence-electron chi connectivity index (χ3n) is 4.96. The summed E-state index contributed by atoms with van der Waals surface area (Å²) in [6.45, 7) is 2.26. The van der Waals surface area contributed by atoms with Crippen molar-refractivity contribution in [2.75, 3.05) is 36.6 Å². The number of para-hydroxylation sites is 1. The van der Waals surface area contributed by atoms with E-state index in [4.69, 9.17) is 0 Å². The lowest BCUT2D eigenvalue weighted by Crippen LogP contribution is -2.39. The summed E-state index contributed by atoms with van der Waals surface area (Å²) >= 11 is 1.54. The first-order valence-corrected chi connectivity index (χ1v) is 10.7. The van der Waals surface area contributed by atoms with E-state index in [0.29, 0.717) is 6.54 Å². The minimum absolute atomic E-state index is 0.0588. The van der Waals surface area contributed by atoms with Gasteiger partial charge in [0.15, 0.2) is 0 Å². The van der Waals surface area contributed by atoms with Crippen molar-refractivity contribution in [1.29, 1.82) is 0 Å². The monoisotopic (exact) mass is 411 g/mol. The fraction of sp³-hybridized carbons (Fsp3) is 0.318. The standard InChI is InChI=1S/C22H25N3O3S/c1-15-8-10-17(11-9-15)25-13-16(12-21(25)27)22(28)24(2)14-20(26)23-18-6-4-5-7-19(18)29-3/h4-11,16H,12-14H2,1-3H3,(H,23,26). The quantitative estimate of drug-likeness (QED) is 0.742. The molecule has 2 aromatic carbocycles. The molecule has 7 heteroatoms. The summed E-state index contributed by atoms with van der Waals surface area (Å²) in [5, 5.41) is 2.86. The lowest BCUT2D eigenvalue weighted by molar-refractivity contribution is -0.137. The Labute approximate surface area is 175 Å². The number of carbonyl (C=O) groups is 3. The fourth-order valence-corrected chi connectivity index (χ4v) is 3.94. The fourth-order valence-electron chi connectivity index (χ4n) is 3.39. The van der Waals surface area contributed by atoms with Crippen molar-refractivity contribution in [3.05, 3.63) is 54.1 Å². The Morgan fingerprint density at radius 3 is 2.55 bits per heavy atom. The molecule has 1 unspecified atom stereocenters. The number of aryl methyl sites for hydroxylation is 1. The van der Waals surface area contributed by atoms with E-state index in [2.05, 4.69) is 5.32 Å². The Morgan fingerprint density at radius 2 is 1.86 bits per heavy atom. The molecule has 1 saturated heterocycles. The molecular formula is C22H25N3O3S. The smallest absolute Gasteiger partial charge is 0.244 e. The Kier molecular flexibility index (Phi) is 6.59. The van der Waals surface area contributed by atoms with Crippen LogP contribution in [0.3, 0.4) is 0 Å². The molecule has 3 rings (SSSR count). The molecule has 29 heavy (non-hydrogen) atoms. The Morgan fingerprint density at radius 1 is 1.17 bits per heavy atom. The second kappa shape index (κ2) is 9.13. The molecule has 1 N–H and O–H groups in total. The zero-order valence-corrected chi connectivity index (χ0v) is 17.7. The van der Waals surface area contributed by atoms with Crippen LogP contribution in [0.4, 0.5) is 11.4 Å². The maximum atomic E-state index is 12.8. The second-order valence-electron chi connectivity index (χ2n) is 7.18. The van der Waals surface area contributed by atoms with Gasteiger partial charge < -0.3 is 15.1 Å². The van der Waals surface area contributed by atoms with E-state index in [9.17, 15) is 14.4 Å². The lowest BCUT2D eigenvalue weighted by Gasteiger charge is -2.21. The van der Waals surface area contributed by atoms with Crippen LogP contribution in [0.2, 0.25) is 0 Å². The van der Waals surface area contributed by atoms with Gasteiger partial charge in [-0.2, -0.15) is 0 Å². The Balaban J connectivity index is 1.59. The number of hydrogen-bond donors (Lipinski definition) is 1. The second-order valence-corrected chi connectivity index (χ2v) is 8.03. The molecule has 0 aliphatic carbocycles. The van der Waals surface area contributed by atoms with Gasteiger partial charge >= 0.3 is 0 Å². The number of anilines is 2. The van der Waals surface area contributed by atoms with Crippen molar-refractivity contribution in [1.82, 2.24) is 4.90 Å². The number of amides is 3. The average molecular weight is 412 g/mol. The van der Waals surface area contributed by atoms with Gasteiger partial charge in [0, 0.05) is 30.6 Å². The third-order valence-corrected chi connectivity index (χ3v) is 5.75. The highest BCUT2D eigenvalue weighted by Gasteiger charge is 2.36. The van der Waals surface area contributed by atoms with E-state index >= 15 is 0 Å². The Bertz CT molecular complexity index is 914. The third kappa shape index (κ3) is 4.98. The van der Waals surface area contributed by atoms with Crippen molar-refractivity contribution in [2.45, 2.75) is 18.2 Å². The van der Waals surface area contributed by atoms with Gasteiger partial charge in [-0.3, -0.25) is 14.4 Å². The highest BCUT2D eigenvalue weighted by molar-refractivity contribution is 7.98. The van der Waals surface area contributed by atoms with Gasteiger partial charge in [-0.25, -0.2) is 0 Å². The normalized spacial score (nSPS) is 16.0. The van der Waals surface area contributed by atoms with Gasteiger partial charge in [0.2, 0.25) is 17.7 Å². The number of hydrogen-bond acceptors (Lipinski definition) is 4. The van der Waals surface area contributed by atoms with E-state index in [-0.39, 0.29) is 30.7 Å². The van der Waals surface area contributed by atoms with Crippen molar-refractivity contribution >= 4 is 40.9 Å². The zero-order valence-electron chi connectivity index (χ0n) is 16.8. The first-order valence-electron chi connectivity index (χ1n) is 9.44. The predicted octanol–water partition coefficient (Wildman–Crippen LogP) is 3.17. The van der Waals surface area contributed by atoms with Crippen molar-refractivity contribution in [3.63, 3.8) is 0 Å². The van der Waals surface area contributed by atoms with E-state index in [1.807, 2.05) is 61.7 Å². The number of nitrogens with zero attached hydrogens (tertiary/aromatic N) is 2. The molecule has 2 aromatic rings. The average Bonchev–Trinajstić information content (AvgIpc) is 3.09. The largest absolute Gasteiger partial charge is 0.336 e. The van der Waals surface area contributed by atoms with Crippen LogP contribution in [0.15, 0.2) is 53.4 Å². The van der Waals surface area contributed by atoms with Gasteiger partial charge in [0.25, 0.3) is 0 Å². The molecular weight excluding hydrogens is 386 g/mol. The van der Waals surface area contributed by atoms with Gasteiger partial charge in [0.1, 0.15) is 0 Å². The molecule has 1 heterocycles. The van der Waals surface area contributed by atoms with Crippen molar-refractivity contribution in [2.24, 2.45) is 5.92 Å². The van der Waals surface area contributed by atoms with E-state index in [0.717, 1.165) is 21.8 Å². The number of likely N-dealkylation sites (N-methyl/N-ethyl adjacent to an activating group) is 1. The lowest BCUT2D eigenvalue weighted by atomic mass is 10.1. The minimum Gasteiger partial charge on any atom is -0.336 e. The molecule has 0 spiro atoms. The number of nitrogens with one attached hydrogen (secondary N) is 1. The van der Waals surface area contributed by atoms with Crippen molar-refractivity contribution in [3.8, 4) is 0 Å². The molecule has 1 fully saturated rings. The van der Waals surface area contributed by atoms with Crippen LogP contribution in [-0.4, -0.2) is 49.0 Å². The summed E-state index contributed by atoms with van der Waals surface area (Å²) in [5.74, 6) is -0.970. The van der Waals surface area contributed by atoms with Crippen LogP contribution in [-0.2, 0) is 14.4 Å². The van der Waals surface area contributed by atoms with E-state index in [1.165, 1.54) is 4.90 Å². The molecule has 0 bridgehead atoms. The Hall–Kier alpha value is -2.80. The molecule has 1 atom stereocenters. The summed E-state index contributed by atoms with van der Waals surface area (Å²) in [7, 11) is 1.60. The molecule has 6 nitrogen and oxygen atoms in total. The summed E-state index contributed by atoms with van der Waals surface area (Å²) in [6, 6.07) is 15.2. The number of carbonyl (C=O) groups excluding carboxylic acids is 3. The summed E-state index contributed by atoms with van der Waals surface area (Å²) in [5.41, 5.74) is 2.64. The molecule has 3 amide bonds. The number of thioether (sulfide) groups is 1. The van der Waals surface area contributed by atoms with E-state index in [1.54, 1.807) is 23.7 Å². The van der Waals surface area contributed by atoms with Gasteiger partial charge in [-0.15, -0.1) is 11.8 Å². The molecule has 1 aliphatic heterocycles. The van der Waals surface area contributed by atoms with Crippen LogP contribution >= 0.6 is 11.8 Å². The van der Waals surface area contributed by atoms with Gasteiger partial charge in [0.05, 0.1) is 18.2 Å². The van der Waals surface area contributed by atoms with Crippen molar-refractivity contribution < 1.29 is 14.4 Å². The number of rotatable bonds is 6. The summed E-state index contributed by atoms with van der Waals surface area (Å²) in [4.78, 5) is 41.6.